The molecule has 522 valence electrons. The average Bonchev–Trinajstić information content (AvgIpc) is 3.69. The molecule has 0 saturated carbocycles. The predicted molar refractivity (Wildman–Crippen MR) is 354 cm³/mol. The van der Waals surface area contributed by atoms with Crippen LogP contribution < -0.4 is 0 Å². The lowest BCUT2D eigenvalue weighted by molar-refractivity contribution is -0.161. The van der Waals surface area contributed by atoms with Crippen molar-refractivity contribution in [1.29, 1.82) is 0 Å². The second-order valence-electron chi connectivity index (χ2n) is 25.9. The molecule has 0 heterocycles. The summed E-state index contributed by atoms with van der Waals surface area (Å²) in [6, 6.07) is 0. The largest absolute Gasteiger partial charge is 0.472 e. The number of phosphoric acid groups is 2. The fourth-order valence-electron chi connectivity index (χ4n) is 10.4. The van der Waals surface area contributed by atoms with E-state index in [9.17, 15) is 43.2 Å². The highest BCUT2D eigenvalue weighted by atomic mass is 31.2. The summed E-state index contributed by atoms with van der Waals surface area (Å²) in [5, 5.41) is 10.6. The number of ether oxygens (including phenoxy) is 4. The number of unbranched alkanes of at least 4 members (excludes halogenated alkanes) is 38. The number of rotatable bonds is 68. The first kappa shape index (κ1) is 86.1. The molecule has 0 fully saturated rings. The Bertz CT molecular complexity index is 1720. The van der Waals surface area contributed by atoms with Crippen molar-refractivity contribution in [3.05, 3.63) is 0 Å². The maximum Gasteiger partial charge on any atom is 0.472 e. The Hall–Kier alpha value is -1.94. The van der Waals surface area contributed by atoms with Gasteiger partial charge in [0.1, 0.15) is 19.3 Å². The van der Waals surface area contributed by atoms with Crippen LogP contribution in [0.25, 0.3) is 0 Å². The summed E-state index contributed by atoms with van der Waals surface area (Å²) in [5.41, 5.74) is 0. The van der Waals surface area contributed by atoms with Crippen molar-refractivity contribution in [2.45, 2.75) is 368 Å². The van der Waals surface area contributed by atoms with Crippen LogP contribution in [-0.2, 0) is 65.4 Å². The number of esters is 4. The summed E-state index contributed by atoms with van der Waals surface area (Å²) in [7, 11) is -9.90. The maximum absolute atomic E-state index is 13.0. The molecule has 0 spiro atoms. The van der Waals surface area contributed by atoms with E-state index in [2.05, 4.69) is 41.5 Å². The predicted octanol–water partition coefficient (Wildman–Crippen LogP) is 19.6. The van der Waals surface area contributed by atoms with Gasteiger partial charge in [-0.3, -0.25) is 37.3 Å². The molecule has 0 aromatic rings. The van der Waals surface area contributed by atoms with Crippen LogP contribution in [0.2, 0.25) is 0 Å². The molecular formula is C69H134O17P2. The number of hydrogen-bond acceptors (Lipinski definition) is 15. The van der Waals surface area contributed by atoms with E-state index in [0.29, 0.717) is 25.7 Å². The zero-order chi connectivity index (χ0) is 65.0. The van der Waals surface area contributed by atoms with Gasteiger partial charge in [-0.25, -0.2) is 9.13 Å². The van der Waals surface area contributed by atoms with Crippen molar-refractivity contribution in [1.82, 2.24) is 0 Å². The zero-order valence-electron chi connectivity index (χ0n) is 57.0. The normalized spacial score (nSPS) is 14.2. The third-order valence-corrected chi connectivity index (χ3v) is 17.9. The van der Waals surface area contributed by atoms with Gasteiger partial charge in [-0.1, -0.05) is 298 Å². The number of hydrogen-bond donors (Lipinski definition) is 3. The van der Waals surface area contributed by atoms with E-state index in [1.807, 2.05) is 0 Å². The minimum absolute atomic E-state index is 0.106. The molecule has 0 amide bonds. The molecule has 0 saturated heterocycles. The molecule has 5 atom stereocenters. The van der Waals surface area contributed by atoms with Crippen molar-refractivity contribution in [2.24, 2.45) is 11.8 Å². The molecule has 17 nitrogen and oxygen atoms in total. The van der Waals surface area contributed by atoms with Crippen LogP contribution in [0.4, 0.5) is 0 Å². The fourth-order valence-corrected chi connectivity index (χ4v) is 12.0. The van der Waals surface area contributed by atoms with Gasteiger partial charge in [0.2, 0.25) is 0 Å². The molecule has 2 unspecified atom stereocenters. The van der Waals surface area contributed by atoms with Gasteiger partial charge in [-0.15, -0.1) is 0 Å². The van der Waals surface area contributed by atoms with Gasteiger partial charge in [0.15, 0.2) is 12.2 Å². The molecule has 0 aliphatic carbocycles. The van der Waals surface area contributed by atoms with E-state index < -0.39 is 97.5 Å². The molecular weight excluding hydrogens is 1160 g/mol. The summed E-state index contributed by atoms with van der Waals surface area (Å²) in [4.78, 5) is 72.4. The quantitative estimate of drug-likeness (QED) is 0.0222. The Balaban J connectivity index is 5.24. The van der Waals surface area contributed by atoms with E-state index in [-0.39, 0.29) is 25.7 Å². The van der Waals surface area contributed by atoms with Crippen LogP contribution in [0.1, 0.15) is 350 Å². The number of carbonyl (C=O) groups excluding carboxylic acids is 4. The van der Waals surface area contributed by atoms with Crippen molar-refractivity contribution in [3.8, 4) is 0 Å². The molecule has 0 rings (SSSR count). The van der Waals surface area contributed by atoms with Gasteiger partial charge in [0, 0.05) is 25.7 Å². The second kappa shape index (κ2) is 61.3. The van der Waals surface area contributed by atoms with Crippen LogP contribution in [-0.4, -0.2) is 96.7 Å². The standard InChI is InChI=1S/C69H134O17P2/c1-7-9-11-13-15-17-18-22-28-35-41-47-53-68(73)85-64(57-79-66(71)51-45-39-33-25-16-14-12-10-8-2)59-83-87(75,76)81-55-63(70)56-82-88(77,78)84-60-65(58-80-67(72)52-46-40-34-30-24-27-32-38-44-50-62(5)6)86-69(74)54-48-42-36-29-23-20-19-21-26-31-37-43-49-61(3)4/h61-65,70H,7-60H2,1-6H3,(H,75,76)(H,77,78)/t63-,64+,65+/m0/s1. The first-order chi connectivity index (χ1) is 42.4. The molecule has 19 heteroatoms. The zero-order valence-corrected chi connectivity index (χ0v) is 58.8. The summed E-state index contributed by atoms with van der Waals surface area (Å²) >= 11 is 0. The van der Waals surface area contributed by atoms with Crippen LogP contribution in [0.5, 0.6) is 0 Å². The Morgan fingerprint density at radius 3 is 0.773 bits per heavy atom. The summed E-state index contributed by atoms with van der Waals surface area (Å²) < 4.78 is 68.2. The first-order valence-electron chi connectivity index (χ1n) is 36.0. The van der Waals surface area contributed by atoms with Crippen molar-refractivity contribution in [2.75, 3.05) is 39.6 Å². The molecule has 0 aliphatic heterocycles. The summed E-state index contributed by atoms with van der Waals surface area (Å²) in [6.07, 6.45) is 45.7. The van der Waals surface area contributed by atoms with Crippen LogP contribution >= 0.6 is 15.6 Å². The van der Waals surface area contributed by atoms with Gasteiger partial charge in [-0.2, -0.15) is 0 Å². The average molecular weight is 1300 g/mol. The first-order valence-corrected chi connectivity index (χ1v) is 39.0. The summed E-state index contributed by atoms with van der Waals surface area (Å²) in [6.45, 7) is 9.52. The van der Waals surface area contributed by atoms with Gasteiger partial charge >= 0.3 is 39.5 Å². The molecule has 0 aromatic carbocycles. The fraction of sp³-hybridized carbons (Fsp3) is 0.942. The topological polar surface area (TPSA) is 237 Å². The van der Waals surface area contributed by atoms with Gasteiger partial charge in [0.25, 0.3) is 0 Å². The molecule has 0 aliphatic rings. The maximum atomic E-state index is 13.0. The van der Waals surface area contributed by atoms with Crippen molar-refractivity contribution in [3.63, 3.8) is 0 Å². The number of phosphoric ester groups is 2. The lowest BCUT2D eigenvalue weighted by Gasteiger charge is -2.21. The van der Waals surface area contributed by atoms with Gasteiger partial charge in [0.05, 0.1) is 26.4 Å². The Labute approximate surface area is 537 Å². The lowest BCUT2D eigenvalue weighted by atomic mass is 10.0. The van der Waals surface area contributed by atoms with Crippen molar-refractivity contribution >= 4 is 39.5 Å². The highest BCUT2D eigenvalue weighted by Gasteiger charge is 2.30. The number of carbonyl (C=O) groups is 4. The van der Waals surface area contributed by atoms with E-state index in [4.69, 9.17) is 37.0 Å². The third-order valence-electron chi connectivity index (χ3n) is 16.0. The minimum atomic E-state index is -4.95. The highest BCUT2D eigenvalue weighted by molar-refractivity contribution is 7.47. The third kappa shape index (κ3) is 62.8. The van der Waals surface area contributed by atoms with Gasteiger partial charge < -0.3 is 33.8 Å². The van der Waals surface area contributed by atoms with Crippen LogP contribution in [0.3, 0.4) is 0 Å². The second-order valence-corrected chi connectivity index (χ2v) is 28.8. The molecule has 3 N–H and O–H groups in total. The van der Waals surface area contributed by atoms with Gasteiger partial charge in [-0.05, 0) is 37.5 Å². The van der Waals surface area contributed by atoms with Crippen LogP contribution in [0.15, 0.2) is 0 Å². The van der Waals surface area contributed by atoms with E-state index in [1.54, 1.807) is 0 Å². The smallest absolute Gasteiger partial charge is 0.462 e. The van der Waals surface area contributed by atoms with Crippen LogP contribution in [0, 0.1) is 11.8 Å². The Morgan fingerprint density at radius 1 is 0.307 bits per heavy atom. The monoisotopic (exact) mass is 1300 g/mol. The highest BCUT2D eigenvalue weighted by Crippen LogP contribution is 2.45. The Morgan fingerprint density at radius 2 is 0.523 bits per heavy atom. The SMILES string of the molecule is CCCCCCCCCCCCCCC(=O)O[C@H](COC(=O)CCCCCCCCCCC)COP(=O)(O)OC[C@H](O)COP(=O)(O)OC[C@@H](COC(=O)CCCCCCCCCCCC(C)C)OC(=O)CCCCCCCCCCCCCCC(C)C. The molecule has 0 radical (unpaired) electrons. The molecule has 0 bridgehead atoms. The summed E-state index contributed by atoms with van der Waals surface area (Å²) in [5.74, 6) is -0.605. The minimum Gasteiger partial charge on any atom is -0.462 e. The Kier molecular flexibility index (Phi) is 59.9. The van der Waals surface area contributed by atoms with E-state index in [0.717, 1.165) is 102 Å². The molecule has 88 heavy (non-hydrogen) atoms. The van der Waals surface area contributed by atoms with E-state index >= 15 is 0 Å². The van der Waals surface area contributed by atoms with Crippen molar-refractivity contribution < 1.29 is 80.2 Å². The number of aliphatic hydroxyl groups is 1. The lowest BCUT2D eigenvalue weighted by Crippen LogP contribution is -2.30. The molecule has 0 aromatic heterocycles. The number of aliphatic hydroxyl groups excluding tert-OH is 1. The van der Waals surface area contributed by atoms with E-state index in [1.165, 1.54) is 167 Å².